The largest absolute Gasteiger partial charge is 0.339 e. The smallest absolute Gasteiger partial charge is 0.255 e. The van der Waals surface area contributed by atoms with Crippen molar-refractivity contribution in [3.63, 3.8) is 0 Å². The molecular formula is C22H27N3O4S. The summed E-state index contributed by atoms with van der Waals surface area (Å²) in [5.41, 5.74) is 2.98. The van der Waals surface area contributed by atoms with Gasteiger partial charge in [-0.3, -0.25) is 13.9 Å². The van der Waals surface area contributed by atoms with Crippen molar-refractivity contribution in [2.24, 2.45) is 0 Å². The van der Waals surface area contributed by atoms with Gasteiger partial charge in [0, 0.05) is 13.1 Å². The summed E-state index contributed by atoms with van der Waals surface area (Å²) in [7, 11) is -3.69. The second-order valence-corrected chi connectivity index (χ2v) is 9.49. The Balaban J connectivity index is 1.83. The summed E-state index contributed by atoms with van der Waals surface area (Å²) in [6, 6.07) is 12.1. The standard InChI is InChI=1S/C22H27N3O4S/c1-16-9-8-12-20(17(16)2)25(30(3,28)29)15-21(26)23-19-11-5-4-10-18(19)22(27)24-13-6-7-14-24/h4-5,8-12H,6-7,13-15H2,1-3H3,(H,23,26). The third-order valence-electron chi connectivity index (χ3n) is 5.36. The van der Waals surface area contributed by atoms with Crippen LogP contribution in [0.2, 0.25) is 0 Å². The molecule has 1 N–H and O–H groups in total. The summed E-state index contributed by atoms with van der Waals surface area (Å²) in [6.45, 7) is 4.74. The van der Waals surface area contributed by atoms with Gasteiger partial charge in [0.05, 0.1) is 23.2 Å². The van der Waals surface area contributed by atoms with Gasteiger partial charge in [-0.25, -0.2) is 8.42 Å². The summed E-state index contributed by atoms with van der Waals surface area (Å²) >= 11 is 0. The van der Waals surface area contributed by atoms with Gasteiger partial charge in [-0.1, -0.05) is 24.3 Å². The molecule has 2 aromatic rings. The number of benzene rings is 2. The van der Waals surface area contributed by atoms with Crippen molar-refractivity contribution >= 4 is 33.2 Å². The molecule has 1 aliphatic heterocycles. The molecule has 1 saturated heterocycles. The summed E-state index contributed by atoms with van der Waals surface area (Å²) < 4.78 is 25.9. The van der Waals surface area contributed by atoms with Crippen LogP contribution in [0.3, 0.4) is 0 Å². The number of carbonyl (C=O) groups excluding carboxylic acids is 2. The first-order valence-electron chi connectivity index (χ1n) is 9.90. The number of rotatable bonds is 6. The highest BCUT2D eigenvalue weighted by Crippen LogP contribution is 2.25. The van der Waals surface area contributed by atoms with Crippen molar-refractivity contribution in [3.8, 4) is 0 Å². The fourth-order valence-electron chi connectivity index (χ4n) is 3.58. The Morgan fingerprint density at radius 1 is 1.03 bits per heavy atom. The molecule has 1 fully saturated rings. The maximum absolute atomic E-state index is 12.8. The maximum atomic E-state index is 12.8. The van der Waals surface area contributed by atoms with Crippen LogP contribution in [-0.2, 0) is 14.8 Å². The molecule has 0 unspecified atom stereocenters. The molecule has 8 heteroatoms. The van der Waals surface area contributed by atoms with Gasteiger partial charge in [0.15, 0.2) is 0 Å². The third-order valence-corrected chi connectivity index (χ3v) is 6.48. The Kier molecular flexibility index (Phi) is 6.45. The van der Waals surface area contributed by atoms with E-state index in [1.807, 2.05) is 19.9 Å². The average Bonchev–Trinajstić information content (AvgIpc) is 3.22. The molecule has 0 aliphatic carbocycles. The minimum absolute atomic E-state index is 0.127. The van der Waals surface area contributed by atoms with Crippen molar-refractivity contribution < 1.29 is 18.0 Å². The van der Waals surface area contributed by atoms with Crippen molar-refractivity contribution in [3.05, 3.63) is 59.2 Å². The van der Waals surface area contributed by atoms with Gasteiger partial charge in [0.25, 0.3) is 5.91 Å². The lowest BCUT2D eigenvalue weighted by Crippen LogP contribution is -2.38. The van der Waals surface area contributed by atoms with E-state index < -0.39 is 15.9 Å². The molecule has 3 rings (SSSR count). The molecule has 0 radical (unpaired) electrons. The molecule has 0 spiro atoms. The van der Waals surface area contributed by atoms with Gasteiger partial charge in [0.2, 0.25) is 15.9 Å². The lowest BCUT2D eigenvalue weighted by atomic mass is 10.1. The SMILES string of the molecule is Cc1cccc(N(CC(=O)Nc2ccccc2C(=O)N2CCCC2)S(C)(=O)=O)c1C. The van der Waals surface area contributed by atoms with Crippen LogP contribution in [-0.4, -0.2) is 51.0 Å². The first kappa shape index (κ1) is 21.8. The Morgan fingerprint density at radius 2 is 1.70 bits per heavy atom. The highest BCUT2D eigenvalue weighted by molar-refractivity contribution is 7.92. The lowest BCUT2D eigenvalue weighted by molar-refractivity contribution is -0.114. The Bertz CT molecular complexity index is 1060. The first-order chi connectivity index (χ1) is 14.2. The number of anilines is 2. The van der Waals surface area contributed by atoms with Gasteiger partial charge in [-0.15, -0.1) is 0 Å². The van der Waals surface area contributed by atoms with E-state index in [0.717, 1.165) is 34.5 Å². The lowest BCUT2D eigenvalue weighted by Gasteiger charge is -2.25. The summed E-state index contributed by atoms with van der Waals surface area (Å²) in [5.74, 6) is -0.638. The van der Waals surface area contributed by atoms with Gasteiger partial charge in [0.1, 0.15) is 6.54 Å². The molecule has 30 heavy (non-hydrogen) atoms. The molecule has 2 aromatic carbocycles. The number of para-hydroxylation sites is 1. The minimum atomic E-state index is -3.69. The molecule has 0 aromatic heterocycles. The molecular weight excluding hydrogens is 402 g/mol. The Morgan fingerprint density at radius 3 is 2.37 bits per heavy atom. The first-order valence-corrected chi connectivity index (χ1v) is 11.8. The second-order valence-electron chi connectivity index (χ2n) is 7.58. The van der Waals surface area contributed by atoms with Gasteiger partial charge in [-0.2, -0.15) is 0 Å². The molecule has 2 amide bonds. The number of sulfonamides is 1. The third kappa shape index (κ3) is 4.81. The highest BCUT2D eigenvalue weighted by Gasteiger charge is 2.25. The molecule has 1 heterocycles. The van der Waals surface area contributed by atoms with Crippen LogP contribution in [0, 0.1) is 13.8 Å². The van der Waals surface area contributed by atoms with Crippen LogP contribution in [0.25, 0.3) is 0 Å². The summed E-state index contributed by atoms with van der Waals surface area (Å²) in [6.07, 6.45) is 3.02. The van der Waals surface area contributed by atoms with E-state index in [0.29, 0.717) is 30.0 Å². The number of nitrogens with zero attached hydrogens (tertiary/aromatic N) is 2. The van der Waals surface area contributed by atoms with E-state index in [2.05, 4.69) is 5.32 Å². The van der Waals surface area contributed by atoms with Crippen molar-refractivity contribution in [1.29, 1.82) is 0 Å². The fraction of sp³-hybridized carbons (Fsp3) is 0.364. The number of amides is 2. The zero-order chi connectivity index (χ0) is 21.9. The highest BCUT2D eigenvalue weighted by atomic mass is 32.2. The van der Waals surface area contributed by atoms with Gasteiger partial charge >= 0.3 is 0 Å². The van der Waals surface area contributed by atoms with Gasteiger partial charge < -0.3 is 10.2 Å². The Labute approximate surface area is 177 Å². The quantitative estimate of drug-likeness (QED) is 0.765. The Hall–Kier alpha value is -2.87. The van der Waals surface area contributed by atoms with E-state index in [1.54, 1.807) is 41.3 Å². The van der Waals surface area contributed by atoms with Gasteiger partial charge in [-0.05, 0) is 56.0 Å². The molecule has 0 saturated carbocycles. The van der Waals surface area contributed by atoms with Crippen LogP contribution in [0.5, 0.6) is 0 Å². The number of likely N-dealkylation sites (tertiary alicyclic amines) is 1. The summed E-state index contributed by atoms with van der Waals surface area (Å²) in [5, 5.41) is 2.73. The molecule has 1 aliphatic rings. The van der Waals surface area contributed by atoms with E-state index in [1.165, 1.54) is 0 Å². The normalized spacial score (nSPS) is 13.9. The topological polar surface area (TPSA) is 86.8 Å². The number of hydrogen-bond acceptors (Lipinski definition) is 4. The number of aryl methyl sites for hydroxylation is 1. The fourth-order valence-corrected chi connectivity index (χ4v) is 4.48. The number of carbonyl (C=O) groups is 2. The van der Waals surface area contributed by atoms with Crippen LogP contribution in [0.1, 0.15) is 34.3 Å². The predicted molar refractivity (Wildman–Crippen MR) is 118 cm³/mol. The van der Waals surface area contributed by atoms with E-state index in [9.17, 15) is 18.0 Å². The molecule has 160 valence electrons. The molecule has 0 bridgehead atoms. The van der Waals surface area contributed by atoms with Crippen LogP contribution < -0.4 is 9.62 Å². The molecule has 7 nitrogen and oxygen atoms in total. The average molecular weight is 430 g/mol. The zero-order valence-electron chi connectivity index (χ0n) is 17.5. The molecule has 0 atom stereocenters. The van der Waals surface area contributed by atoms with E-state index >= 15 is 0 Å². The van der Waals surface area contributed by atoms with Crippen LogP contribution in [0.15, 0.2) is 42.5 Å². The number of nitrogens with one attached hydrogen (secondary N) is 1. The van der Waals surface area contributed by atoms with E-state index in [-0.39, 0.29) is 12.5 Å². The predicted octanol–water partition coefficient (Wildman–Crippen LogP) is 2.94. The zero-order valence-corrected chi connectivity index (χ0v) is 18.3. The maximum Gasteiger partial charge on any atom is 0.255 e. The number of hydrogen-bond donors (Lipinski definition) is 1. The van der Waals surface area contributed by atoms with Crippen molar-refractivity contribution in [1.82, 2.24) is 4.90 Å². The second kappa shape index (κ2) is 8.87. The van der Waals surface area contributed by atoms with Crippen LogP contribution >= 0.6 is 0 Å². The van der Waals surface area contributed by atoms with E-state index in [4.69, 9.17) is 0 Å². The van der Waals surface area contributed by atoms with Crippen molar-refractivity contribution in [2.75, 3.05) is 35.5 Å². The van der Waals surface area contributed by atoms with Crippen LogP contribution in [0.4, 0.5) is 11.4 Å². The minimum Gasteiger partial charge on any atom is -0.339 e. The van der Waals surface area contributed by atoms with Crippen molar-refractivity contribution in [2.45, 2.75) is 26.7 Å². The monoisotopic (exact) mass is 429 g/mol. The summed E-state index contributed by atoms with van der Waals surface area (Å²) in [4.78, 5) is 27.4.